The minimum Gasteiger partial charge on any atom is -0.399 e. The van der Waals surface area contributed by atoms with Crippen LogP contribution in [0.15, 0.2) is 106 Å². The Kier molecular flexibility index (Phi) is 7.51. The van der Waals surface area contributed by atoms with Crippen molar-refractivity contribution in [3.8, 4) is 11.1 Å². The molecular formula is C29H29N7. The number of nitrogens with two attached hydrogens (primary N) is 2. The van der Waals surface area contributed by atoms with Crippen molar-refractivity contribution >= 4 is 28.6 Å². The van der Waals surface area contributed by atoms with Crippen LogP contribution in [0.1, 0.15) is 29.2 Å². The Labute approximate surface area is 211 Å². The van der Waals surface area contributed by atoms with Gasteiger partial charge in [-0.3, -0.25) is 15.8 Å². The highest BCUT2D eigenvalue weighted by Gasteiger charge is 2.16. The Morgan fingerprint density at radius 1 is 0.861 bits per heavy atom. The Bertz CT molecular complexity index is 1440. The number of nitrogens with zero attached hydrogens (tertiary/aromatic N) is 3. The van der Waals surface area contributed by atoms with E-state index in [1.165, 1.54) is 0 Å². The van der Waals surface area contributed by atoms with Gasteiger partial charge >= 0.3 is 0 Å². The van der Waals surface area contributed by atoms with Crippen LogP contribution in [0.5, 0.6) is 0 Å². The highest BCUT2D eigenvalue weighted by Crippen LogP contribution is 2.33. The molecule has 6 N–H and O–H groups in total. The Morgan fingerprint density at radius 3 is 2.33 bits per heavy atom. The van der Waals surface area contributed by atoms with E-state index in [1.54, 1.807) is 12.1 Å². The molecule has 0 bridgehead atoms. The van der Waals surface area contributed by atoms with Gasteiger partial charge in [-0.2, -0.15) is 0 Å². The molecule has 0 atom stereocenters. The standard InChI is InChI=1S/C29H29N7/c1-3-33-28(20-8-5-4-6-9-20)27-18-24(13-15-26(27)25-14-12-22(30)16-19(25)2)35-36-34-23-11-7-10-21(17-23)29(31)32/h4-18H,3,30H2,1-2H3,(H3,31,32)(H,34,35). The Balaban J connectivity index is 1.76. The minimum absolute atomic E-state index is 0.00238. The summed E-state index contributed by atoms with van der Waals surface area (Å²) in [6.45, 7) is 4.73. The second-order valence-corrected chi connectivity index (χ2v) is 8.30. The summed E-state index contributed by atoms with van der Waals surface area (Å²) in [5, 5.41) is 16.2. The predicted molar refractivity (Wildman–Crippen MR) is 149 cm³/mol. The maximum atomic E-state index is 7.61. The molecule has 0 aliphatic rings. The SMILES string of the molecule is CCN=C(c1ccccc1)c1cc(N=NNc2cccc(C(=N)N)c2)ccc1-c1ccc(N)cc1C. The van der Waals surface area contributed by atoms with Gasteiger partial charge in [-0.15, -0.1) is 5.11 Å². The molecule has 0 aliphatic heterocycles. The molecule has 4 aromatic rings. The van der Waals surface area contributed by atoms with Crippen molar-refractivity contribution in [1.29, 1.82) is 5.41 Å². The predicted octanol–water partition coefficient (Wildman–Crippen LogP) is 6.50. The first-order valence-electron chi connectivity index (χ1n) is 11.7. The smallest absolute Gasteiger partial charge is 0.122 e. The highest BCUT2D eigenvalue weighted by atomic mass is 15.4. The summed E-state index contributed by atoms with van der Waals surface area (Å²) in [6, 6.07) is 29.2. The number of hydrogen-bond donors (Lipinski definition) is 4. The van der Waals surface area contributed by atoms with Crippen LogP contribution in [0.4, 0.5) is 17.1 Å². The lowest BCUT2D eigenvalue weighted by molar-refractivity contribution is 1.12. The number of aliphatic imine (C=N–C) groups is 1. The van der Waals surface area contributed by atoms with E-state index in [0.717, 1.165) is 39.2 Å². The molecule has 0 saturated heterocycles. The van der Waals surface area contributed by atoms with Crippen molar-refractivity contribution in [2.75, 3.05) is 17.7 Å². The number of amidine groups is 1. The average Bonchev–Trinajstić information content (AvgIpc) is 2.88. The van der Waals surface area contributed by atoms with Gasteiger partial charge < -0.3 is 11.5 Å². The fourth-order valence-electron chi connectivity index (χ4n) is 4.00. The molecule has 0 saturated carbocycles. The molecule has 36 heavy (non-hydrogen) atoms. The van der Waals surface area contributed by atoms with Crippen LogP contribution >= 0.6 is 0 Å². The fraction of sp³-hybridized carbons (Fsp3) is 0.103. The topological polar surface area (TPSA) is 125 Å². The molecule has 0 aliphatic carbocycles. The molecule has 0 heterocycles. The van der Waals surface area contributed by atoms with Crippen molar-refractivity contribution in [1.82, 2.24) is 0 Å². The average molecular weight is 476 g/mol. The van der Waals surface area contributed by atoms with Crippen LogP contribution < -0.4 is 16.9 Å². The Morgan fingerprint density at radius 2 is 1.61 bits per heavy atom. The van der Waals surface area contributed by atoms with Gasteiger partial charge in [-0.1, -0.05) is 59.8 Å². The maximum Gasteiger partial charge on any atom is 0.122 e. The van der Waals surface area contributed by atoms with Gasteiger partial charge in [0.1, 0.15) is 5.84 Å². The molecule has 0 aromatic heterocycles. The quantitative estimate of drug-likeness (QED) is 0.0764. The summed E-state index contributed by atoms with van der Waals surface area (Å²) in [7, 11) is 0. The van der Waals surface area contributed by atoms with Gasteiger partial charge in [0.2, 0.25) is 0 Å². The van der Waals surface area contributed by atoms with Crippen LogP contribution in [-0.4, -0.2) is 18.1 Å². The normalized spacial score (nSPS) is 11.6. The second kappa shape index (κ2) is 11.1. The van der Waals surface area contributed by atoms with E-state index in [4.69, 9.17) is 21.9 Å². The van der Waals surface area contributed by atoms with Crippen LogP contribution in [0.2, 0.25) is 0 Å². The number of hydrogen-bond acceptors (Lipinski definition) is 5. The molecule has 0 radical (unpaired) electrons. The van der Waals surface area contributed by atoms with Crippen molar-refractivity contribution in [3.05, 3.63) is 113 Å². The molecular weight excluding hydrogens is 446 g/mol. The number of rotatable bonds is 8. The molecule has 0 unspecified atom stereocenters. The first-order valence-corrected chi connectivity index (χ1v) is 11.7. The zero-order chi connectivity index (χ0) is 25.5. The summed E-state index contributed by atoms with van der Waals surface area (Å²) in [4.78, 5) is 4.87. The van der Waals surface area contributed by atoms with E-state index < -0.39 is 0 Å². The third kappa shape index (κ3) is 5.64. The fourth-order valence-corrected chi connectivity index (χ4v) is 4.00. The van der Waals surface area contributed by atoms with E-state index in [9.17, 15) is 0 Å². The van der Waals surface area contributed by atoms with Crippen LogP contribution in [0.25, 0.3) is 11.1 Å². The maximum absolute atomic E-state index is 7.61. The third-order valence-corrected chi connectivity index (χ3v) is 5.68. The van der Waals surface area contributed by atoms with E-state index in [2.05, 4.69) is 34.8 Å². The first-order chi connectivity index (χ1) is 17.5. The number of aryl methyl sites for hydroxylation is 1. The van der Waals surface area contributed by atoms with Gasteiger partial charge in [-0.25, -0.2) is 0 Å². The van der Waals surface area contributed by atoms with Crippen molar-refractivity contribution in [2.45, 2.75) is 13.8 Å². The van der Waals surface area contributed by atoms with Gasteiger partial charge in [0.25, 0.3) is 0 Å². The molecule has 4 aromatic carbocycles. The highest BCUT2D eigenvalue weighted by molar-refractivity contribution is 6.16. The summed E-state index contributed by atoms with van der Waals surface area (Å²) >= 11 is 0. The molecule has 180 valence electrons. The Hall–Kier alpha value is -4.78. The number of benzene rings is 4. The molecule has 4 rings (SSSR count). The minimum atomic E-state index is -0.00238. The molecule has 7 nitrogen and oxygen atoms in total. The third-order valence-electron chi connectivity index (χ3n) is 5.68. The summed E-state index contributed by atoms with van der Waals surface area (Å²) in [5.41, 5.74) is 23.3. The van der Waals surface area contributed by atoms with Gasteiger partial charge in [0.05, 0.1) is 17.1 Å². The van der Waals surface area contributed by atoms with Crippen molar-refractivity contribution < 1.29 is 0 Å². The number of nitrogen functional groups attached to an aromatic ring is 2. The van der Waals surface area contributed by atoms with Crippen molar-refractivity contribution in [2.24, 2.45) is 21.1 Å². The largest absolute Gasteiger partial charge is 0.399 e. The lowest BCUT2D eigenvalue weighted by atomic mass is 9.90. The van der Waals surface area contributed by atoms with E-state index in [-0.39, 0.29) is 5.84 Å². The molecule has 0 fully saturated rings. The number of nitrogens with one attached hydrogen (secondary N) is 2. The van der Waals surface area contributed by atoms with E-state index >= 15 is 0 Å². The molecule has 7 heteroatoms. The van der Waals surface area contributed by atoms with Gasteiger partial charge in [0.15, 0.2) is 0 Å². The monoisotopic (exact) mass is 475 g/mol. The van der Waals surface area contributed by atoms with E-state index in [1.807, 2.05) is 73.7 Å². The first kappa shape index (κ1) is 24.3. The molecule has 0 amide bonds. The van der Waals surface area contributed by atoms with Gasteiger partial charge in [0, 0.05) is 28.9 Å². The van der Waals surface area contributed by atoms with Crippen molar-refractivity contribution in [3.63, 3.8) is 0 Å². The van der Waals surface area contributed by atoms with Crippen LogP contribution in [0, 0.1) is 12.3 Å². The zero-order valence-corrected chi connectivity index (χ0v) is 20.4. The van der Waals surface area contributed by atoms with E-state index in [0.29, 0.717) is 23.5 Å². The molecule has 0 spiro atoms. The second-order valence-electron chi connectivity index (χ2n) is 8.30. The van der Waals surface area contributed by atoms with Crippen LogP contribution in [-0.2, 0) is 0 Å². The lowest BCUT2D eigenvalue weighted by Gasteiger charge is -2.16. The lowest BCUT2D eigenvalue weighted by Crippen LogP contribution is -2.10. The van der Waals surface area contributed by atoms with Gasteiger partial charge in [-0.05, 0) is 66.9 Å². The number of anilines is 2. The summed E-state index contributed by atoms with van der Waals surface area (Å²) in [6.07, 6.45) is 0. The zero-order valence-electron chi connectivity index (χ0n) is 20.4. The van der Waals surface area contributed by atoms with Crippen LogP contribution in [0.3, 0.4) is 0 Å². The summed E-state index contributed by atoms with van der Waals surface area (Å²) < 4.78 is 0. The summed E-state index contributed by atoms with van der Waals surface area (Å²) in [5.74, 6) is -0.00238.